The fourth-order valence-electron chi connectivity index (χ4n) is 4.24. The molecule has 0 heterocycles. The van der Waals surface area contributed by atoms with E-state index in [2.05, 4.69) is 13.8 Å². The molecule has 0 nitrogen and oxygen atoms in total. The molecule has 0 radical (unpaired) electrons. The Labute approximate surface area is 109 Å². The molecule has 0 heteroatoms. The van der Waals surface area contributed by atoms with E-state index in [0.717, 1.165) is 23.7 Å². The predicted octanol–water partition coefficient (Wildman–Crippen LogP) is 5.81. The van der Waals surface area contributed by atoms with Crippen LogP contribution in [0.3, 0.4) is 0 Å². The lowest BCUT2D eigenvalue weighted by molar-refractivity contribution is 0.156. The molecule has 2 rings (SSSR count). The molecule has 0 N–H and O–H groups in total. The lowest BCUT2D eigenvalue weighted by Crippen LogP contribution is -2.24. The molecule has 1 atom stereocenters. The summed E-state index contributed by atoms with van der Waals surface area (Å²) in [6, 6.07) is 0. The Balaban J connectivity index is 1.70. The van der Waals surface area contributed by atoms with E-state index in [-0.39, 0.29) is 0 Å². The standard InChI is InChI=1S/C17H32/c1-3-14(2)13-15-9-11-17(12-10-15)16-7-5-4-6-8-16/h14-17H,3-13H2,1-2H3. The highest BCUT2D eigenvalue weighted by Gasteiger charge is 2.28. The molecule has 1 unspecified atom stereocenters. The third-order valence-electron chi connectivity index (χ3n) is 5.64. The monoisotopic (exact) mass is 236 g/mol. The van der Waals surface area contributed by atoms with Gasteiger partial charge in [-0.2, -0.15) is 0 Å². The molecule has 0 saturated heterocycles. The van der Waals surface area contributed by atoms with Gasteiger partial charge in [0.25, 0.3) is 0 Å². The van der Waals surface area contributed by atoms with Gasteiger partial charge in [0.05, 0.1) is 0 Å². The first-order chi connectivity index (χ1) is 8.29. The maximum Gasteiger partial charge on any atom is -0.0386 e. The molecule has 0 bridgehead atoms. The maximum absolute atomic E-state index is 2.44. The Morgan fingerprint density at radius 2 is 1.41 bits per heavy atom. The van der Waals surface area contributed by atoms with Crippen LogP contribution in [0.5, 0.6) is 0 Å². The molecule has 2 aliphatic carbocycles. The zero-order chi connectivity index (χ0) is 12.1. The number of hydrogen-bond acceptors (Lipinski definition) is 0. The minimum absolute atomic E-state index is 0.964. The summed E-state index contributed by atoms with van der Waals surface area (Å²) in [4.78, 5) is 0. The first kappa shape index (κ1) is 13.4. The molecule has 100 valence electrons. The minimum Gasteiger partial charge on any atom is -0.0651 e. The van der Waals surface area contributed by atoms with Crippen LogP contribution in [0, 0.1) is 23.7 Å². The van der Waals surface area contributed by atoms with E-state index in [9.17, 15) is 0 Å². The van der Waals surface area contributed by atoms with Crippen molar-refractivity contribution in [2.75, 3.05) is 0 Å². The van der Waals surface area contributed by atoms with E-state index in [1.807, 2.05) is 0 Å². The van der Waals surface area contributed by atoms with E-state index < -0.39 is 0 Å². The molecule has 0 spiro atoms. The first-order valence-corrected chi connectivity index (χ1v) is 8.29. The zero-order valence-electron chi connectivity index (χ0n) is 12.1. The zero-order valence-corrected chi connectivity index (χ0v) is 12.1. The summed E-state index contributed by atoms with van der Waals surface area (Å²) in [5, 5.41) is 0. The van der Waals surface area contributed by atoms with Gasteiger partial charge in [-0.15, -0.1) is 0 Å². The minimum atomic E-state index is 0.964. The molecule has 0 aromatic rings. The van der Waals surface area contributed by atoms with Crippen LogP contribution in [0.2, 0.25) is 0 Å². The number of rotatable bonds is 4. The third kappa shape index (κ3) is 4.00. The normalized spacial score (nSPS) is 33.5. The largest absolute Gasteiger partial charge is 0.0651 e. The highest BCUT2D eigenvalue weighted by Crippen LogP contribution is 2.41. The molecule has 0 aliphatic heterocycles. The topological polar surface area (TPSA) is 0 Å². The van der Waals surface area contributed by atoms with Gasteiger partial charge in [-0.3, -0.25) is 0 Å². The van der Waals surface area contributed by atoms with Crippen molar-refractivity contribution < 1.29 is 0 Å². The lowest BCUT2D eigenvalue weighted by atomic mass is 9.70. The van der Waals surface area contributed by atoms with E-state index in [1.165, 1.54) is 32.1 Å². The summed E-state index contributed by atoms with van der Waals surface area (Å²) in [7, 11) is 0. The van der Waals surface area contributed by atoms with E-state index in [0.29, 0.717) is 0 Å². The van der Waals surface area contributed by atoms with Gasteiger partial charge in [0.1, 0.15) is 0 Å². The summed E-state index contributed by atoms with van der Waals surface area (Å²) in [6.07, 6.45) is 16.8. The number of hydrogen-bond donors (Lipinski definition) is 0. The Morgan fingerprint density at radius 1 is 0.824 bits per heavy atom. The van der Waals surface area contributed by atoms with Crippen molar-refractivity contribution >= 4 is 0 Å². The van der Waals surface area contributed by atoms with Gasteiger partial charge in [-0.25, -0.2) is 0 Å². The molecule has 2 aliphatic rings. The van der Waals surface area contributed by atoms with Crippen molar-refractivity contribution in [1.82, 2.24) is 0 Å². The molecule has 0 aromatic carbocycles. The summed E-state index contributed by atoms with van der Waals surface area (Å²) in [5.41, 5.74) is 0. The predicted molar refractivity (Wildman–Crippen MR) is 76.1 cm³/mol. The van der Waals surface area contributed by atoms with Crippen molar-refractivity contribution in [3.63, 3.8) is 0 Å². The Kier molecular flexibility index (Phi) is 5.38. The molecular weight excluding hydrogens is 204 g/mol. The average molecular weight is 236 g/mol. The smallest absolute Gasteiger partial charge is 0.0386 e. The highest BCUT2D eigenvalue weighted by molar-refractivity contribution is 4.80. The second-order valence-corrected chi connectivity index (χ2v) is 6.93. The molecule has 17 heavy (non-hydrogen) atoms. The second kappa shape index (κ2) is 6.81. The van der Waals surface area contributed by atoms with Crippen molar-refractivity contribution in [2.45, 2.75) is 84.5 Å². The van der Waals surface area contributed by atoms with Gasteiger partial charge in [-0.05, 0) is 42.9 Å². The third-order valence-corrected chi connectivity index (χ3v) is 5.64. The SMILES string of the molecule is CCC(C)CC1CCC(C2CCCCC2)CC1. The van der Waals surface area contributed by atoms with Gasteiger partial charge in [0, 0.05) is 0 Å². The van der Waals surface area contributed by atoms with Crippen LogP contribution in [0.1, 0.15) is 84.5 Å². The summed E-state index contributed by atoms with van der Waals surface area (Å²) >= 11 is 0. The van der Waals surface area contributed by atoms with Gasteiger partial charge in [-0.1, -0.05) is 65.2 Å². The van der Waals surface area contributed by atoms with Gasteiger partial charge in [0.15, 0.2) is 0 Å². The summed E-state index contributed by atoms with van der Waals surface area (Å²) in [5.74, 6) is 4.27. The van der Waals surface area contributed by atoms with Crippen LogP contribution in [0.4, 0.5) is 0 Å². The molecule has 2 saturated carbocycles. The first-order valence-electron chi connectivity index (χ1n) is 8.29. The maximum atomic E-state index is 2.44. The fraction of sp³-hybridized carbons (Fsp3) is 1.00. The van der Waals surface area contributed by atoms with E-state index >= 15 is 0 Å². The van der Waals surface area contributed by atoms with E-state index in [4.69, 9.17) is 0 Å². The average Bonchev–Trinajstić information content (AvgIpc) is 2.40. The van der Waals surface area contributed by atoms with Crippen LogP contribution in [-0.4, -0.2) is 0 Å². The van der Waals surface area contributed by atoms with Crippen LogP contribution in [-0.2, 0) is 0 Å². The lowest BCUT2D eigenvalue weighted by Gasteiger charge is -2.36. The van der Waals surface area contributed by atoms with Gasteiger partial charge < -0.3 is 0 Å². The molecule has 2 fully saturated rings. The Morgan fingerprint density at radius 3 is 2.00 bits per heavy atom. The highest BCUT2D eigenvalue weighted by atomic mass is 14.3. The van der Waals surface area contributed by atoms with Crippen molar-refractivity contribution in [3.8, 4) is 0 Å². The molecule has 0 amide bonds. The summed E-state index contributed by atoms with van der Waals surface area (Å²) in [6.45, 7) is 4.78. The Bertz CT molecular complexity index is 194. The van der Waals surface area contributed by atoms with E-state index in [1.54, 1.807) is 38.5 Å². The van der Waals surface area contributed by atoms with Crippen molar-refractivity contribution in [1.29, 1.82) is 0 Å². The van der Waals surface area contributed by atoms with Crippen LogP contribution in [0.25, 0.3) is 0 Å². The van der Waals surface area contributed by atoms with Crippen LogP contribution in [0.15, 0.2) is 0 Å². The van der Waals surface area contributed by atoms with Gasteiger partial charge in [0.2, 0.25) is 0 Å². The summed E-state index contributed by atoms with van der Waals surface area (Å²) < 4.78 is 0. The molecule has 0 aromatic heterocycles. The van der Waals surface area contributed by atoms with Gasteiger partial charge >= 0.3 is 0 Å². The Hall–Kier alpha value is 0. The van der Waals surface area contributed by atoms with Crippen molar-refractivity contribution in [3.05, 3.63) is 0 Å². The van der Waals surface area contributed by atoms with Crippen LogP contribution >= 0.6 is 0 Å². The fourth-order valence-corrected chi connectivity index (χ4v) is 4.24. The molecular formula is C17H32. The van der Waals surface area contributed by atoms with Crippen molar-refractivity contribution in [2.24, 2.45) is 23.7 Å². The second-order valence-electron chi connectivity index (χ2n) is 6.93. The quantitative estimate of drug-likeness (QED) is 0.578. The van der Waals surface area contributed by atoms with Crippen LogP contribution < -0.4 is 0 Å².